The van der Waals surface area contributed by atoms with Crippen LogP contribution in [0.4, 0.5) is 5.82 Å². The van der Waals surface area contributed by atoms with E-state index >= 15 is 0 Å². The highest BCUT2D eigenvalue weighted by atomic mass is 15.3. The topological polar surface area (TPSA) is 46.4 Å². The zero-order valence-electron chi connectivity index (χ0n) is 13.2. The van der Waals surface area contributed by atoms with Crippen molar-refractivity contribution in [1.82, 2.24) is 15.0 Å². The average molecular weight is 306 g/mol. The number of hydrogen-bond acceptors (Lipinski definition) is 4. The highest BCUT2D eigenvalue weighted by Gasteiger charge is 2.21. The number of para-hydroxylation sites is 1. The summed E-state index contributed by atoms with van der Waals surface area (Å²) in [5, 5.41) is 1.12. The number of benzene rings is 1. The molecular formula is C18H20N5+. The lowest BCUT2D eigenvalue weighted by Gasteiger charge is -2.31. The van der Waals surface area contributed by atoms with Crippen molar-refractivity contribution in [1.29, 1.82) is 0 Å². The minimum absolute atomic E-state index is 0.748. The van der Waals surface area contributed by atoms with Crippen molar-refractivity contribution in [3.63, 3.8) is 0 Å². The van der Waals surface area contributed by atoms with Gasteiger partial charge in [0, 0.05) is 23.3 Å². The van der Waals surface area contributed by atoms with Gasteiger partial charge in [-0.15, -0.1) is 0 Å². The molecule has 5 nitrogen and oxygen atoms in total. The average Bonchev–Trinajstić information content (AvgIpc) is 2.62. The second kappa shape index (κ2) is 5.93. The number of pyridine rings is 1. The molecule has 1 saturated heterocycles. The summed E-state index contributed by atoms with van der Waals surface area (Å²) >= 11 is 0. The molecule has 0 spiro atoms. The van der Waals surface area contributed by atoms with Crippen molar-refractivity contribution >= 4 is 16.7 Å². The van der Waals surface area contributed by atoms with E-state index in [2.05, 4.69) is 35.1 Å². The van der Waals surface area contributed by atoms with Crippen molar-refractivity contribution < 1.29 is 4.90 Å². The maximum Gasteiger partial charge on any atom is 0.163 e. The Balaban J connectivity index is 1.84. The maximum absolute atomic E-state index is 4.89. The van der Waals surface area contributed by atoms with Crippen LogP contribution in [0.2, 0.25) is 0 Å². The van der Waals surface area contributed by atoms with Gasteiger partial charge in [0.2, 0.25) is 0 Å². The van der Waals surface area contributed by atoms with Gasteiger partial charge in [-0.1, -0.05) is 12.1 Å². The first kappa shape index (κ1) is 14.1. The zero-order chi connectivity index (χ0) is 15.6. The number of fused-ring (bicyclic) bond motifs is 1. The molecule has 0 amide bonds. The second-order valence-corrected chi connectivity index (χ2v) is 6.07. The number of hydrogen-bond donors (Lipinski definition) is 1. The molecule has 3 aromatic rings. The Labute approximate surface area is 135 Å². The Morgan fingerprint density at radius 3 is 2.61 bits per heavy atom. The van der Waals surface area contributed by atoms with Crippen LogP contribution in [0.5, 0.6) is 0 Å². The van der Waals surface area contributed by atoms with E-state index in [0.717, 1.165) is 54.3 Å². The molecule has 0 radical (unpaired) electrons. The summed E-state index contributed by atoms with van der Waals surface area (Å²) in [4.78, 5) is 17.8. The molecule has 0 unspecified atom stereocenters. The summed E-state index contributed by atoms with van der Waals surface area (Å²) in [7, 11) is 2.25. The lowest BCUT2D eigenvalue weighted by molar-refractivity contribution is -0.880. The van der Waals surface area contributed by atoms with Crippen molar-refractivity contribution in [2.45, 2.75) is 0 Å². The molecule has 0 aliphatic carbocycles. The molecule has 116 valence electrons. The van der Waals surface area contributed by atoms with E-state index in [9.17, 15) is 0 Å². The lowest BCUT2D eigenvalue weighted by atomic mass is 10.2. The van der Waals surface area contributed by atoms with E-state index in [-0.39, 0.29) is 0 Å². The van der Waals surface area contributed by atoms with Gasteiger partial charge in [-0.3, -0.25) is 4.98 Å². The van der Waals surface area contributed by atoms with E-state index in [4.69, 9.17) is 9.97 Å². The van der Waals surface area contributed by atoms with Crippen molar-refractivity contribution in [2.75, 3.05) is 38.1 Å². The van der Waals surface area contributed by atoms with Gasteiger partial charge in [-0.25, -0.2) is 9.97 Å². The fourth-order valence-electron chi connectivity index (χ4n) is 3.03. The number of piperazine rings is 1. The Bertz CT molecular complexity index is 810. The predicted molar refractivity (Wildman–Crippen MR) is 91.6 cm³/mol. The number of rotatable bonds is 2. The number of anilines is 1. The van der Waals surface area contributed by atoms with Crippen LogP contribution in [-0.2, 0) is 0 Å². The summed E-state index contributed by atoms with van der Waals surface area (Å²) < 4.78 is 0. The van der Waals surface area contributed by atoms with Crippen LogP contribution >= 0.6 is 0 Å². The number of likely N-dealkylation sites (N-methyl/N-ethyl adjacent to an activating group) is 1. The SMILES string of the molecule is C[NH+]1CCN(c2nc(-c3cccnc3)nc3ccccc23)CC1. The van der Waals surface area contributed by atoms with Crippen molar-refractivity contribution in [2.24, 2.45) is 0 Å². The smallest absolute Gasteiger partial charge is 0.163 e. The summed E-state index contributed by atoms with van der Waals surface area (Å²) in [5.74, 6) is 1.79. The first-order valence-corrected chi connectivity index (χ1v) is 8.05. The first-order chi connectivity index (χ1) is 11.3. The molecule has 5 heteroatoms. The third-order valence-corrected chi connectivity index (χ3v) is 4.42. The lowest BCUT2D eigenvalue weighted by Crippen LogP contribution is -3.12. The van der Waals surface area contributed by atoms with E-state index in [0.29, 0.717) is 0 Å². The third-order valence-electron chi connectivity index (χ3n) is 4.42. The van der Waals surface area contributed by atoms with E-state index in [1.165, 1.54) is 0 Å². The van der Waals surface area contributed by atoms with Gasteiger partial charge in [0.15, 0.2) is 5.82 Å². The van der Waals surface area contributed by atoms with Crippen molar-refractivity contribution in [3.8, 4) is 11.4 Å². The zero-order valence-corrected chi connectivity index (χ0v) is 13.2. The number of quaternary nitrogens is 1. The maximum atomic E-state index is 4.89. The summed E-state index contributed by atoms with van der Waals surface area (Å²) in [6.07, 6.45) is 3.59. The van der Waals surface area contributed by atoms with Gasteiger partial charge in [-0.2, -0.15) is 0 Å². The van der Waals surface area contributed by atoms with Gasteiger partial charge < -0.3 is 9.80 Å². The highest BCUT2D eigenvalue weighted by Crippen LogP contribution is 2.27. The second-order valence-electron chi connectivity index (χ2n) is 6.07. The van der Waals surface area contributed by atoms with E-state index in [1.807, 2.05) is 24.4 Å². The Kier molecular flexibility index (Phi) is 3.63. The highest BCUT2D eigenvalue weighted by molar-refractivity contribution is 5.91. The molecule has 1 aromatic carbocycles. The molecular weight excluding hydrogens is 286 g/mol. The first-order valence-electron chi connectivity index (χ1n) is 8.05. The fraction of sp³-hybridized carbons (Fsp3) is 0.278. The molecule has 4 rings (SSSR count). The van der Waals surface area contributed by atoms with E-state index < -0.39 is 0 Å². The molecule has 2 aromatic heterocycles. The largest absolute Gasteiger partial charge is 0.345 e. The molecule has 0 bridgehead atoms. The van der Waals surface area contributed by atoms with Gasteiger partial charge in [0.05, 0.1) is 38.7 Å². The molecule has 1 aliphatic rings. The third kappa shape index (κ3) is 2.75. The standard InChI is InChI=1S/C18H19N5/c1-22-9-11-23(12-10-22)18-15-6-2-3-7-16(15)20-17(21-18)14-5-4-8-19-13-14/h2-8,13H,9-12H2,1H3/p+1. The summed E-state index contributed by atoms with van der Waals surface area (Å²) in [5.41, 5.74) is 1.95. The van der Waals surface area contributed by atoms with Gasteiger partial charge >= 0.3 is 0 Å². The molecule has 1 N–H and O–H groups in total. The van der Waals surface area contributed by atoms with Crippen LogP contribution < -0.4 is 9.80 Å². The fourth-order valence-corrected chi connectivity index (χ4v) is 3.03. The molecule has 23 heavy (non-hydrogen) atoms. The van der Waals surface area contributed by atoms with Gasteiger partial charge in [-0.05, 0) is 24.3 Å². The Morgan fingerprint density at radius 1 is 1.00 bits per heavy atom. The van der Waals surface area contributed by atoms with Crippen molar-refractivity contribution in [3.05, 3.63) is 48.8 Å². The Morgan fingerprint density at radius 2 is 1.83 bits per heavy atom. The van der Waals surface area contributed by atoms with E-state index in [1.54, 1.807) is 11.1 Å². The summed E-state index contributed by atoms with van der Waals surface area (Å²) in [6.45, 7) is 4.33. The molecule has 0 atom stereocenters. The van der Waals surface area contributed by atoms with Gasteiger partial charge in [0.1, 0.15) is 5.82 Å². The number of nitrogens with one attached hydrogen (secondary N) is 1. The molecule has 1 aliphatic heterocycles. The molecule has 0 saturated carbocycles. The predicted octanol–water partition coefficient (Wildman–Crippen LogP) is 1.03. The quantitative estimate of drug-likeness (QED) is 0.768. The molecule has 1 fully saturated rings. The monoisotopic (exact) mass is 306 g/mol. The molecule has 3 heterocycles. The van der Waals surface area contributed by atoms with Crippen LogP contribution in [0.3, 0.4) is 0 Å². The minimum atomic E-state index is 0.748. The van der Waals surface area contributed by atoms with Crippen LogP contribution in [0.15, 0.2) is 48.8 Å². The number of aromatic nitrogens is 3. The normalized spacial score (nSPS) is 16.0. The number of nitrogens with zero attached hydrogens (tertiary/aromatic N) is 4. The minimum Gasteiger partial charge on any atom is -0.345 e. The van der Waals surface area contributed by atoms with Gasteiger partial charge in [0.25, 0.3) is 0 Å². The van der Waals surface area contributed by atoms with Crippen LogP contribution in [0.1, 0.15) is 0 Å². The van der Waals surface area contributed by atoms with Crippen LogP contribution in [0, 0.1) is 0 Å². The van der Waals surface area contributed by atoms with Crippen LogP contribution in [0.25, 0.3) is 22.3 Å². The van der Waals surface area contributed by atoms with Crippen LogP contribution in [-0.4, -0.2) is 48.2 Å². The Hall–Kier alpha value is -2.53. The summed E-state index contributed by atoms with van der Waals surface area (Å²) in [6, 6.07) is 12.2.